The quantitative estimate of drug-likeness (QED) is 0.681. The van der Waals surface area contributed by atoms with E-state index in [0.29, 0.717) is 16.3 Å². The highest BCUT2D eigenvalue weighted by Gasteiger charge is 2.36. The molecule has 0 aliphatic carbocycles. The summed E-state index contributed by atoms with van der Waals surface area (Å²) in [4.78, 5) is 37.5. The number of urea groups is 1. The van der Waals surface area contributed by atoms with E-state index in [1.165, 1.54) is 6.08 Å². The summed E-state index contributed by atoms with van der Waals surface area (Å²) in [5, 5.41) is 2.72. The molecule has 5 nitrogen and oxygen atoms in total. The third-order valence-corrected chi connectivity index (χ3v) is 3.55. The van der Waals surface area contributed by atoms with Crippen LogP contribution in [-0.2, 0) is 9.59 Å². The molecule has 0 aromatic heterocycles. The fraction of sp³-hybridized carbons (Fsp3) is 0. The summed E-state index contributed by atoms with van der Waals surface area (Å²) < 4.78 is 0. The normalized spacial score (nSPS) is 16.7. The van der Waals surface area contributed by atoms with Crippen LogP contribution in [0, 0.1) is 0 Å². The van der Waals surface area contributed by atoms with Crippen molar-refractivity contribution in [2.45, 2.75) is 0 Å². The van der Waals surface area contributed by atoms with E-state index in [1.54, 1.807) is 54.6 Å². The number of anilines is 1. The monoisotopic (exact) mass is 326 g/mol. The maximum Gasteiger partial charge on any atom is 0.335 e. The smallest absolute Gasteiger partial charge is 0.273 e. The first-order chi connectivity index (χ1) is 11.1. The first-order valence-corrected chi connectivity index (χ1v) is 7.16. The summed E-state index contributed by atoms with van der Waals surface area (Å²) >= 11 is 5.81. The van der Waals surface area contributed by atoms with Crippen LogP contribution >= 0.6 is 11.6 Å². The Morgan fingerprint density at radius 2 is 1.57 bits per heavy atom. The summed E-state index contributed by atoms with van der Waals surface area (Å²) in [6.45, 7) is 0. The van der Waals surface area contributed by atoms with Crippen LogP contribution < -0.4 is 10.2 Å². The van der Waals surface area contributed by atoms with Crippen LogP contribution in [0.3, 0.4) is 0 Å². The van der Waals surface area contributed by atoms with E-state index in [4.69, 9.17) is 11.6 Å². The van der Waals surface area contributed by atoms with Crippen LogP contribution in [0.4, 0.5) is 10.5 Å². The first-order valence-electron chi connectivity index (χ1n) is 6.78. The second kappa shape index (κ2) is 6.06. The highest BCUT2D eigenvalue weighted by molar-refractivity contribution is 6.39. The average molecular weight is 327 g/mol. The Bertz CT molecular complexity index is 813. The summed E-state index contributed by atoms with van der Waals surface area (Å²) in [6.07, 6.45) is 1.43. The molecular formula is C17H11ClN2O3. The van der Waals surface area contributed by atoms with Crippen LogP contribution in [0.2, 0.25) is 5.02 Å². The largest absolute Gasteiger partial charge is 0.335 e. The summed E-state index contributed by atoms with van der Waals surface area (Å²) in [5.41, 5.74) is 0.913. The number of carbonyl (C=O) groups excluding carboxylic acids is 3. The van der Waals surface area contributed by atoms with Crippen molar-refractivity contribution in [3.63, 3.8) is 0 Å². The Kier molecular flexibility index (Phi) is 3.95. The molecule has 2 aromatic carbocycles. The van der Waals surface area contributed by atoms with Gasteiger partial charge < -0.3 is 0 Å². The summed E-state index contributed by atoms with van der Waals surface area (Å²) in [5.74, 6) is -1.39. The molecule has 6 heteroatoms. The van der Waals surface area contributed by atoms with Crippen LogP contribution in [-0.4, -0.2) is 17.8 Å². The lowest BCUT2D eigenvalue weighted by molar-refractivity contribution is -0.122. The van der Waals surface area contributed by atoms with Gasteiger partial charge in [0.05, 0.1) is 5.69 Å². The first kappa shape index (κ1) is 15.0. The number of barbiturate groups is 1. The van der Waals surface area contributed by atoms with Crippen molar-refractivity contribution in [2.24, 2.45) is 0 Å². The third kappa shape index (κ3) is 3.00. The molecule has 1 aliphatic heterocycles. The molecule has 0 atom stereocenters. The van der Waals surface area contributed by atoms with Gasteiger partial charge in [-0.15, -0.1) is 0 Å². The Morgan fingerprint density at radius 3 is 2.22 bits per heavy atom. The number of imide groups is 2. The molecule has 114 valence electrons. The maximum absolute atomic E-state index is 12.6. The van der Waals surface area contributed by atoms with Crippen LogP contribution in [0.15, 0.2) is 60.2 Å². The van der Waals surface area contributed by atoms with Crippen LogP contribution in [0.5, 0.6) is 0 Å². The number of carbonyl (C=O) groups is 3. The molecule has 0 spiro atoms. The van der Waals surface area contributed by atoms with Gasteiger partial charge >= 0.3 is 6.03 Å². The number of amides is 4. The Labute approximate surface area is 137 Å². The second-order valence-electron chi connectivity index (χ2n) is 4.84. The van der Waals surface area contributed by atoms with Crippen molar-refractivity contribution in [3.05, 3.63) is 70.8 Å². The van der Waals surface area contributed by atoms with Gasteiger partial charge in [0.1, 0.15) is 5.57 Å². The zero-order valence-electron chi connectivity index (χ0n) is 11.8. The van der Waals surface area contributed by atoms with E-state index >= 15 is 0 Å². The zero-order valence-corrected chi connectivity index (χ0v) is 12.6. The van der Waals surface area contributed by atoms with Crippen molar-refractivity contribution in [2.75, 3.05) is 4.90 Å². The second-order valence-corrected chi connectivity index (χ2v) is 5.28. The maximum atomic E-state index is 12.6. The molecule has 1 aliphatic rings. The lowest BCUT2D eigenvalue weighted by atomic mass is 10.1. The summed E-state index contributed by atoms with van der Waals surface area (Å²) in [6, 6.07) is 14.3. The molecule has 1 fully saturated rings. The van der Waals surface area contributed by atoms with Crippen LogP contribution in [0.25, 0.3) is 6.08 Å². The molecule has 1 saturated heterocycles. The van der Waals surface area contributed by atoms with E-state index in [0.717, 1.165) is 4.90 Å². The van der Waals surface area contributed by atoms with Crippen molar-refractivity contribution in [3.8, 4) is 0 Å². The SMILES string of the molecule is O=C1NC(=O)N(c2ccccc2)C(=O)C1=Cc1ccc(Cl)cc1. The van der Waals surface area contributed by atoms with Gasteiger partial charge in [0.25, 0.3) is 11.8 Å². The van der Waals surface area contributed by atoms with E-state index in [-0.39, 0.29) is 5.57 Å². The molecule has 0 saturated carbocycles. The van der Waals surface area contributed by atoms with Gasteiger partial charge in [0.15, 0.2) is 0 Å². The molecule has 23 heavy (non-hydrogen) atoms. The topological polar surface area (TPSA) is 66.5 Å². The Hall–Kier alpha value is -2.92. The number of nitrogens with one attached hydrogen (secondary N) is 1. The van der Waals surface area contributed by atoms with Gasteiger partial charge in [-0.3, -0.25) is 14.9 Å². The molecule has 4 amide bonds. The number of hydrogen-bond acceptors (Lipinski definition) is 3. The van der Waals surface area contributed by atoms with Crippen LogP contribution in [0.1, 0.15) is 5.56 Å². The Balaban J connectivity index is 2.00. The van der Waals surface area contributed by atoms with Crippen molar-refractivity contribution < 1.29 is 14.4 Å². The minimum Gasteiger partial charge on any atom is -0.273 e. The summed E-state index contributed by atoms with van der Waals surface area (Å²) in [7, 11) is 0. The van der Waals surface area contributed by atoms with Gasteiger partial charge in [-0.05, 0) is 35.9 Å². The lowest BCUT2D eigenvalue weighted by Crippen LogP contribution is -2.54. The highest BCUT2D eigenvalue weighted by atomic mass is 35.5. The van der Waals surface area contributed by atoms with E-state index in [9.17, 15) is 14.4 Å². The molecule has 0 unspecified atom stereocenters. The standard InChI is InChI=1S/C17H11ClN2O3/c18-12-8-6-11(7-9-12)10-14-15(21)19-17(23)20(16(14)22)13-4-2-1-3-5-13/h1-10H,(H,19,21,23). The molecule has 2 aromatic rings. The number of rotatable bonds is 2. The lowest BCUT2D eigenvalue weighted by Gasteiger charge is -2.26. The van der Waals surface area contributed by atoms with Crippen molar-refractivity contribution in [1.29, 1.82) is 0 Å². The van der Waals surface area contributed by atoms with Crippen molar-refractivity contribution in [1.82, 2.24) is 5.32 Å². The molecule has 0 radical (unpaired) electrons. The fourth-order valence-electron chi connectivity index (χ4n) is 2.19. The number of halogens is 1. The number of benzene rings is 2. The molecular weight excluding hydrogens is 316 g/mol. The molecule has 3 rings (SSSR count). The number of para-hydroxylation sites is 1. The minimum absolute atomic E-state index is 0.115. The number of nitrogens with zero attached hydrogens (tertiary/aromatic N) is 1. The zero-order chi connectivity index (χ0) is 16.4. The minimum atomic E-state index is -0.764. The van der Waals surface area contributed by atoms with Crippen molar-refractivity contribution >= 4 is 41.2 Å². The third-order valence-electron chi connectivity index (χ3n) is 3.30. The van der Waals surface area contributed by atoms with Gasteiger partial charge in [0.2, 0.25) is 0 Å². The molecule has 1 heterocycles. The van der Waals surface area contributed by atoms with E-state index < -0.39 is 17.8 Å². The van der Waals surface area contributed by atoms with Gasteiger partial charge in [-0.2, -0.15) is 0 Å². The molecule has 1 N–H and O–H groups in total. The van der Waals surface area contributed by atoms with Gasteiger partial charge in [-0.1, -0.05) is 41.9 Å². The Morgan fingerprint density at radius 1 is 0.913 bits per heavy atom. The van der Waals surface area contributed by atoms with E-state index in [2.05, 4.69) is 5.32 Å². The van der Waals surface area contributed by atoms with Gasteiger partial charge in [-0.25, -0.2) is 9.69 Å². The predicted octanol–water partition coefficient (Wildman–Crippen LogP) is 3.01. The number of hydrogen-bond donors (Lipinski definition) is 1. The van der Waals surface area contributed by atoms with E-state index in [1.807, 2.05) is 0 Å². The fourth-order valence-corrected chi connectivity index (χ4v) is 2.32. The van der Waals surface area contributed by atoms with Gasteiger partial charge in [0, 0.05) is 5.02 Å². The molecule has 0 bridgehead atoms. The average Bonchev–Trinajstić information content (AvgIpc) is 2.54. The highest BCUT2D eigenvalue weighted by Crippen LogP contribution is 2.21. The predicted molar refractivity (Wildman–Crippen MR) is 86.9 cm³/mol.